The predicted molar refractivity (Wildman–Crippen MR) is 151 cm³/mol. The van der Waals surface area contributed by atoms with Gasteiger partial charge in [-0.25, -0.2) is 0 Å². The molecule has 0 amide bonds. The third-order valence-corrected chi connectivity index (χ3v) is 7.46. The van der Waals surface area contributed by atoms with Gasteiger partial charge in [-0.1, -0.05) is 67.4 Å². The fraction of sp³-hybridized carbons (Fsp3) is 0.419. The molecule has 1 fully saturated rings. The number of hydrogen-bond acceptors (Lipinski definition) is 5. The van der Waals surface area contributed by atoms with Crippen molar-refractivity contribution in [2.75, 3.05) is 6.61 Å². The number of nitrogens with zero attached hydrogens (tertiary/aromatic N) is 1. The normalized spacial score (nSPS) is 14.7. The molecule has 0 aliphatic heterocycles. The SMILES string of the molecule is CC(C)Cc1ccc(C(C)C(=O)OC(Cc2c(Cl)cncc2Cl)c2ccc(OC(F)F)c(OCC3CC3)c2)cc1. The number of hydrogen-bond donors (Lipinski definition) is 0. The van der Waals surface area contributed by atoms with Crippen molar-refractivity contribution < 1.29 is 27.8 Å². The second-order valence-corrected chi connectivity index (χ2v) is 11.4. The summed E-state index contributed by atoms with van der Waals surface area (Å²) in [7, 11) is 0. The van der Waals surface area contributed by atoms with Gasteiger partial charge < -0.3 is 14.2 Å². The first kappa shape index (κ1) is 30.1. The Balaban J connectivity index is 1.62. The van der Waals surface area contributed by atoms with Crippen molar-refractivity contribution in [2.24, 2.45) is 11.8 Å². The molecule has 9 heteroatoms. The average Bonchev–Trinajstić information content (AvgIpc) is 3.73. The molecule has 1 heterocycles. The van der Waals surface area contributed by atoms with Crippen molar-refractivity contribution in [1.29, 1.82) is 0 Å². The van der Waals surface area contributed by atoms with Crippen LogP contribution in [-0.4, -0.2) is 24.2 Å². The van der Waals surface area contributed by atoms with Crippen LogP contribution in [0.15, 0.2) is 54.9 Å². The molecule has 0 radical (unpaired) electrons. The number of halogens is 4. The maximum absolute atomic E-state index is 13.4. The molecule has 2 atom stereocenters. The van der Waals surface area contributed by atoms with E-state index in [1.54, 1.807) is 19.1 Å². The molecule has 5 nitrogen and oxygen atoms in total. The Morgan fingerprint density at radius 2 is 1.60 bits per heavy atom. The molecule has 214 valence electrons. The lowest BCUT2D eigenvalue weighted by Gasteiger charge is -2.23. The molecule has 4 rings (SSSR count). The van der Waals surface area contributed by atoms with Gasteiger partial charge >= 0.3 is 12.6 Å². The van der Waals surface area contributed by atoms with Gasteiger partial charge in [0.2, 0.25) is 0 Å². The van der Waals surface area contributed by atoms with Crippen molar-refractivity contribution in [1.82, 2.24) is 4.98 Å². The molecule has 0 N–H and O–H groups in total. The van der Waals surface area contributed by atoms with E-state index >= 15 is 0 Å². The smallest absolute Gasteiger partial charge is 0.387 e. The van der Waals surface area contributed by atoms with Crippen LogP contribution in [0.3, 0.4) is 0 Å². The molecule has 40 heavy (non-hydrogen) atoms. The molecule has 2 aromatic carbocycles. The Hall–Kier alpha value is -2.90. The van der Waals surface area contributed by atoms with E-state index in [1.807, 2.05) is 24.3 Å². The highest BCUT2D eigenvalue weighted by atomic mass is 35.5. The van der Waals surface area contributed by atoms with E-state index in [0.29, 0.717) is 39.6 Å². The van der Waals surface area contributed by atoms with Crippen LogP contribution in [-0.2, 0) is 22.4 Å². The third kappa shape index (κ3) is 8.31. The van der Waals surface area contributed by atoms with Gasteiger partial charge in [0.25, 0.3) is 0 Å². The van der Waals surface area contributed by atoms with Crippen LogP contribution in [0.5, 0.6) is 11.5 Å². The van der Waals surface area contributed by atoms with E-state index in [-0.39, 0.29) is 17.9 Å². The monoisotopic (exact) mass is 591 g/mol. The largest absolute Gasteiger partial charge is 0.489 e. The number of rotatable bonds is 13. The first-order chi connectivity index (χ1) is 19.1. The van der Waals surface area contributed by atoms with Crippen molar-refractivity contribution >= 4 is 29.2 Å². The van der Waals surface area contributed by atoms with Gasteiger partial charge in [0, 0.05) is 18.8 Å². The van der Waals surface area contributed by atoms with Crippen LogP contribution in [0.1, 0.15) is 67.9 Å². The summed E-state index contributed by atoms with van der Waals surface area (Å²) in [4.78, 5) is 17.4. The van der Waals surface area contributed by atoms with E-state index in [1.165, 1.54) is 24.0 Å². The Bertz CT molecular complexity index is 1280. The van der Waals surface area contributed by atoms with Crippen molar-refractivity contribution in [3.63, 3.8) is 0 Å². The van der Waals surface area contributed by atoms with Crippen molar-refractivity contribution in [3.05, 3.63) is 87.2 Å². The molecule has 1 aliphatic carbocycles. The highest BCUT2D eigenvalue weighted by molar-refractivity contribution is 6.35. The zero-order valence-electron chi connectivity index (χ0n) is 22.7. The summed E-state index contributed by atoms with van der Waals surface area (Å²) in [5.74, 6) is -0.0107. The molecule has 0 saturated heterocycles. The minimum Gasteiger partial charge on any atom is -0.489 e. The topological polar surface area (TPSA) is 57.7 Å². The first-order valence-corrected chi connectivity index (χ1v) is 14.1. The lowest BCUT2D eigenvalue weighted by molar-refractivity contribution is -0.151. The van der Waals surface area contributed by atoms with Crippen molar-refractivity contribution in [3.8, 4) is 11.5 Å². The number of ether oxygens (including phenoxy) is 3. The summed E-state index contributed by atoms with van der Waals surface area (Å²) in [6.07, 6.45) is 5.24. The predicted octanol–water partition coefficient (Wildman–Crippen LogP) is 8.61. The van der Waals surface area contributed by atoms with Crippen LogP contribution in [0.25, 0.3) is 0 Å². The minimum atomic E-state index is -3.01. The Labute approximate surface area is 243 Å². The molecular formula is C31H33Cl2F2NO4. The van der Waals surface area contributed by atoms with Crippen LogP contribution in [0.4, 0.5) is 8.78 Å². The van der Waals surface area contributed by atoms with Gasteiger partial charge in [-0.15, -0.1) is 0 Å². The van der Waals surface area contributed by atoms with Gasteiger partial charge in [-0.2, -0.15) is 8.78 Å². The fourth-order valence-electron chi connectivity index (χ4n) is 4.36. The zero-order valence-corrected chi connectivity index (χ0v) is 24.2. The zero-order chi connectivity index (χ0) is 28.8. The molecule has 2 unspecified atom stereocenters. The molecule has 1 aliphatic rings. The van der Waals surface area contributed by atoms with Crippen LogP contribution < -0.4 is 9.47 Å². The van der Waals surface area contributed by atoms with E-state index in [2.05, 4.69) is 23.6 Å². The van der Waals surface area contributed by atoms with Gasteiger partial charge in [-0.3, -0.25) is 9.78 Å². The van der Waals surface area contributed by atoms with Crippen molar-refractivity contribution in [2.45, 2.75) is 65.1 Å². The molecule has 1 saturated carbocycles. The van der Waals surface area contributed by atoms with Crippen LogP contribution in [0, 0.1) is 11.8 Å². The number of aromatic nitrogens is 1. The fourth-order valence-corrected chi connectivity index (χ4v) is 4.88. The second kappa shape index (κ2) is 13.6. The minimum absolute atomic E-state index is 0.0840. The van der Waals surface area contributed by atoms with Gasteiger partial charge in [0.15, 0.2) is 11.5 Å². The number of carbonyl (C=O) groups excluding carboxylic acids is 1. The number of benzene rings is 2. The Kier molecular flexibility index (Phi) is 10.3. The summed E-state index contributed by atoms with van der Waals surface area (Å²) < 4.78 is 42.7. The summed E-state index contributed by atoms with van der Waals surface area (Å²) >= 11 is 12.8. The molecular weight excluding hydrogens is 559 g/mol. The van der Waals surface area contributed by atoms with Crippen LogP contribution in [0.2, 0.25) is 10.0 Å². The lowest BCUT2D eigenvalue weighted by Crippen LogP contribution is -2.19. The Morgan fingerprint density at radius 1 is 0.950 bits per heavy atom. The third-order valence-electron chi connectivity index (χ3n) is 6.80. The van der Waals surface area contributed by atoms with E-state index in [9.17, 15) is 13.6 Å². The quantitative estimate of drug-likeness (QED) is 0.186. The van der Waals surface area contributed by atoms with E-state index in [4.69, 9.17) is 32.7 Å². The standard InChI is InChI=1S/C31H33Cl2F2NO4/c1-18(2)12-20-6-8-22(9-7-20)19(3)30(37)39-28(14-24-25(32)15-36-16-26(24)33)23-10-11-27(40-31(34)35)29(13-23)38-17-21-4-5-21/h6-11,13,15-16,18-19,21,28,31H,4-5,12,14,17H2,1-3H3. The number of alkyl halides is 2. The molecule has 1 aromatic heterocycles. The summed E-state index contributed by atoms with van der Waals surface area (Å²) in [5.41, 5.74) is 3.11. The Morgan fingerprint density at radius 3 is 2.20 bits per heavy atom. The maximum atomic E-state index is 13.4. The number of carbonyl (C=O) groups is 1. The average molecular weight is 593 g/mol. The summed E-state index contributed by atoms with van der Waals surface area (Å²) in [5, 5.41) is 0.649. The maximum Gasteiger partial charge on any atom is 0.387 e. The number of pyridine rings is 1. The van der Waals surface area contributed by atoms with E-state index < -0.39 is 24.6 Å². The summed E-state index contributed by atoms with van der Waals surface area (Å²) in [6.45, 7) is 3.48. The first-order valence-electron chi connectivity index (χ1n) is 13.4. The molecule has 3 aromatic rings. The highest BCUT2D eigenvalue weighted by Crippen LogP contribution is 2.38. The second-order valence-electron chi connectivity index (χ2n) is 10.6. The van der Waals surface area contributed by atoms with Gasteiger partial charge in [-0.05, 0) is 72.4 Å². The lowest BCUT2D eigenvalue weighted by atomic mass is 9.96. The van der Waals surface area contributed by atoms with E-state index in [0.717, 1.165) is 24.8 Å². The van der Waals surface area contributed by atoms with Crippen LogP contribution >= 0.6 is 23.2 Å². The molecule has 0 bridgehead atoms. The van der Waals surface area contributed by atoms with Gasteiger partial charge in [0.1, 0.15) is 6.10 Å². The highest BCUT2D eigenvalue weighted by Gasteiger charge is 2.27. The summed E-state index contributed by atoms with van der Waals surface area (Å²) in [6, 6.07) is 12.5. The number of esters is 1. The molecule has 0 spiro atoms. The van der Waals surface area contributed by atoms with Gasteiger partial charge in [0.05, 0.1) is 22.6 Å².